The first-order valence-corrected chi connectivity index (χ1v) is 13.3. The molecule has 0 N–H and O–H groups in total. The number of ether oxygens (including phenoxy) is 1. The lowest BCUT2D eigenvalue weighted by Crippen LogP contribution is -2.22. The first-order chi connectivity index (χ1) is 19.3. The van der Waals surface area contributed by atoms with Crippen LogP contribution >= 0.6 is 0 Å². The monoisotopic (exact) mass is 560 g/mol. The number of hydrogen-bond donors (Lipinski definition) is 0. The van der Waals surface area contributed by atoms with Gasteiger partial charge >= 0.3 is 6.18 Å². The van der Waals surface area contributed by atoms with Gasteiger partial charge in [-0.1, -0.05) is 30.9 Å². The van der Waals surface area contributed by atoms with Gasteiger partial charge < -0.3 is 9.64 Å². The van der Waals surface area contributed by atoms with Gasteiger partial charge in [0.15, 0.2) is 0 Å². The molecule has 41 heavy (non-hydrogen) atoms. The fourth-order valence-electron chi connectivity index (χ4n) is 5.20. The summed E-state index contributed by atoms with van der Waals surface area (Å²) in [6.45, 7) is 14.2. The highest BCUT2D eigenvalue weighted by Gasteiger charge is 2.32. The smallest absolute Gasteiger partial charge is 0.433 e. The van der Waals surface area contributed by atoms with Crippen molar-refractivity contribution in [2.75, 3.05) is 14.2 Å². The minimum Gasteiger partial charge on any atom is -0.481 e. The third-order valence-electron chi connectivity index (χ3n) is 7.51. The summed E-state index contributed by atoms with van der Waals surface area (Å²) in [7, 11) is 3.56. The van der Waals surface area contributed by atoms with Crippen LogP contribution in [0.3, 0.4) is 0 Å². The van der Waals surface area contributed by atoms with Gasteiger partial charge in [-0.05, 0) is 81.1 Å². The molecule has 0 spiro atoms. The highest BCUT2D eigenvalue weighted by atomic mass is 19.4. The Morgan fingerprint density at radius 3 is 2.37 bits per heavy atom. The molecule has 0 fully saturated rings. The van der Waals surface area contributed by atoms with E-state index in [0.29, 0.717) is 17.9 Å². The van der Waals surface area contributed by atoms with Gasteiger partial charge in [-0.15, -0.1) is 0 Å². The summed E-state index contributed by atoms with van der Waals surface area (Å²) in [6.07, 6.45) is -0.794. The second kappa shape index (κ2) is 11.7. The van der Waals surface area contributed by atoms with Crippen LogP contribution in [0.2, 0.25) is 0 Å². The van der Waals surface area contributed by atoms with Crippen LogP contribution in [0.15, 0.2) is 72.7 Å². The van der Waals surface area contributed by atoms with Crippen molar-refractivity contribution in [2.45, 2.75) is 53.1 Å². The van der Waals surface area contributed by atoms with Crippen molar-refractivity contribution in [3.05, 3.63) is 118 Å². The van der Waals surface area contributed by atoms with Gasteiger partial charge in [0.2, 0.25) is 5.88 Å². The highest BCUT2D eigenvalue weighted by Crippen LogP contribution is 2.39. The quantitative estimate of drug-likeness (QED) is 0.218. The number of pyridine rings is 3. The van der Waals surface area contributed by atoms with Gasteiger partial charge in [-0.3, -0.25) is 9.97 Å². The molecule has 0 aliphatic carbocycles. The first kappa shape index (κ1) is 29.8. The Kier molecular flexibility index (Phi) is 8.52. The number of fused-ring (bicyclic) bond motifs is 1. The summed E-state index contributed by atoms with van der Waals surface area (Å²) in [6, 6.07) is 12.8. The minimum atomic E-state index is -4.49. The molecule has 1 unspecified atom stereocenters. The zero-order valence-electron chi connectivity index (χ0n) is 24.5. The van der Waals surface area contributed by atoms with Gasteiger partial charge in [0.1, 0.15) is 5.69 Å². The van der Waals surface area contributed by atoms with Crippen LogP contribution in [-0.2, 0) is 12.6 Å². The summed E-state index contributed by atoms with van der Waals surface area (Å²) in [5, 5.41) is 0.939. The van der Waals surface area contributed by atoms with E-state index < -0.39 is 11.9 Å². The van der Waals surface area contributed by atoms with Crippen LogP contribution in [0.1, 0.15) is 64.7 Å². The van der Waals surface area contributed by atoms with Crippen LogP contribution in [-0.4, -0.2) is 34.0 Å². The van der Waals surface area contributed by atoms with E-state index in [1.165, 1.54) is 12.3 Å². The maximum Gasteiger partial charge on any atom is 0.433 e. The minimum absolute atomic E-state index is 0.122. The molecule has 0 bridgehead atoms. The Hall–Kier alpha value is -4.20. The van der Waals surface area contributed by atoms with Crippen LogP contribution in [0.4, 0.5) is 13.2 Å². The molecule has 8 heteroatoms. The van der Waals surface area contributed by atoms with Crippen molar-refractivity contribution in [1.82, 2.24) is 19.9 Å². The van der Waals surface area contributed by atoms with Crippen LogP contribution in [0.25, 0.3) is 10.9 Å². The summed E-state index contributed by atoms with van der Waals surface area (Å²) < 4.78 is 44.8. The van der Waals surface area contributed by atoms with E-state index in [4.69, 9.17) is 14.7 Å². The molecule has 214 valence electrons. The number of nitrogens with zero attached hydrogens (tertiary/aromatic N) is 4. The molecule has 4 rings (SSSR count). The molecule has 0 amide bonds. The second-order valence-electron chi connectivity index (χ2n) is 10.3. The van der Waals surface area contributed by atoms with Crippen molar-refractivity contribution in [1.29, 1.82) is 0 Å². The molecule has 4 aromatic rings. The molecular formula is C33H35F3N4O. The molecule has 0 aliphatic rings. The van der Waals surface area contributed by atoms with Gasteiger partial charge in [-0.2, -0.15) is 13.2 Å². The molecule has 0 radical (unpaired) electrons. The second-order valence-corrected chi connectivity index (χ2v) is 10.3. The Morgan fingerprint density at radius 2 is 1.80 bits per heavy atom. The number of aromatic nitrogens is 3. The number of alkyl halides is 3. The summed E-state index contributed by atoms with van der Waals surface area (Å²) in [5.41, 5.74) is 8.26. The zero-order chi connectivity index (χ0) is 30.1. The van der Waals surface area contributed by atoms with E-state index in [0.717, 1.165) is 62.0 Å². The van der Waals surface area contributed by atoms with Gasteiger partial charge in [0.05, 0.1) is 18.5 Å². The Balaban J connectivity index is 1.88. The molecule has 0 saturated heterocycles. The Morgan fingerprint density at radius 1 is 1.07 bits per heavy atom. The maximum atomic E-state index is 13.0. The van der Waals surface area contributed by atoms with Crippen molar-refractivity contribution >= 4 is 10.9 Å². The summed E-state index contributed by atoms with van der Waals surface area (Å²) in [5.74, 6) is 0.317. The number of hydrogen-bond acceptors (Lipinski definition) is 5. The number of benzene rings is 1. The highest BCUT2D eigenvalue weighted by molar-refractivity contribution is 5.85. The van der Waals surface area contributed by atoms with Gasteiger partial charge in [0.25, 0.3) is 0 Å². The average Bonchev–Trinajstić information content (AvgIpc) is 2.93. The maximum absolute atomic E-state index is 13.0. The number of methoxy groups -OCH3 is 1. The predicted octanol–water partition coefficient (Wildman–Crippen LogP) is 8.07. The Bertz CT molecular complexity index is 1620. The molecular weight excluding hydrogens is 525 g/mol. The van der Waals surface area contributed by atoms with E-state index in [2.05, 4.69) is 40.7 Å². The van der Waals surface area contributed by atoms with Crippen molar-refractivity contribution in [3.63, 3.8) is 0 Å². The molecule has 0 aliphatic heterocycles. The molecule has 3 aromatic heterocycles. The predicted molar refractivity (Wildman–Crippen MR) is 157 cm³/mol. The third kappa shape index (κ3) is 6.11. The third-order valence-corrected chi connectivity index (χ3v) is 7.51. The van der Waals surface area contributed by atoms with E-state index in [-0.39, 0.29) is 5.92 Å². The molecule has 3 heterocycles. The lowest BCUT2D eigenvalue weighted by atomic mass is 9.85. The van der Waals surface area contributed by atoms with Gasteiger partial charge in [0, 0.05) is 53.4 Å². The SMILES string of the molecule is C=C(C)N(C)/C(=C\C)C(c1ccc2nc(OC)c(Cc3ccc(C(F)(F)F)nc3)c(C)c2c1)c1ccc(C)nc1C. The number of rotatable bonds is 8. The Labute approximate surface area is 239 Å². The number of aryl methyl sites for hydroxylation is 3. The van der Waals surface area contributed by atoms with Crippen molar-refractivity contribution in [2.24, 2.45) is 0 Å². The van der Waals surface area contributed by atoms with Crippen LogP contribution in [0, 0.1) is 20.8 Å². The van der Waals surface area contributed by atoms with Crippen molar-refractivity contribution < 1.29 is 17.9 Å². The molecule has 1 aromatic carbocycles. The lowest BCUT2D eigenvalue weighted by Gasteiger charge is -2.31. The standard InChI is InChI=1S/C33H35F3N4O/c1-9-29(40(7)19(2)3)31(25-13-10-20(4)38-22(25)6)24-12-14-28-26(17-24)21(5)27(32(39-28)41-8)16-23-11-15-30(37-18-23)33(34,35)36/h9-15,17-18,31H,2,16H2,1,3-8H3/b29-9-. The number of halogens is 3. The normalized spacial score (nSPS) is 12.9. The fraction of sp³-hybridized carbons (Fsp3) is 0.303. The van der Waals surface area contributed by atoms with E-state index in [9.17, 15) is 13.2 Å². The van der Waals surface area contributed by atoms with Crippen LogP contribution < -0.4 is 4.74 Å². The van der Waals surface area contributed by atoms with Gasteiger partial charge in [-0.25, -0.2) is 4.98 Å². The first-order valence-electron chi connectivity index (χ1n) is 13.3. The van der Waals surface area contributed by atoms with E-state index in [1.54, 1.807) is 7.11 Å². The van der Waals surface area contributed by atoms with Crippen molar-refractivity contribution in [3.8, 4) is 5.88 Å². The molecule has 1 atom stereocenters. The summed E-state index contributed by atoms with van der Waals surface area (Å²) in [4.78, 5) is 15.2. The van der Waals surface area contributed by atoms with E-state index >= 15 is 0 Å². The number of allylic oxidation sites excluding steroid dienone is 3. The average molecular weight is 561 g/mol. The number of likely N-dealkylation sites (N-methyl/N-ethyl adjacent to an activating group) is 1. The fourth-order valence-corrected chi connectivity index (χ4v) is 5.20. The lowest BCUT2D eigenvalue weighted by molar-refractivity contribution is -0.141. The zero-order valence-corrected chi connectivity index (χ0v) is 24.5. The van der Waals surface area contributed by atoms with Crippen LogP contribution in [0.5, 0.6) is 5.88 Å². The van der Waals surface area contributed by atoms with E-state index in [1.807, 2.05) is 53.8 Å². The largest absolute Gasteiger partial charge is 0.481 e. The summed E-state index contributed by atoms with van der Waals surface area (Å²) >= 11 is 0. The molecule has 5 nitrogen and oxygen atoms in total. The topological polar surface area (TPSA) is 51.1 Å². The molecule has 0 saturated carbocycles.